The summed E-state index contributed by atoms with van der Waals surface area (Å²) in [5, 5.41) is 1.94. The monoisotopic (exact) mass is 247 g/mol. The first kappa shape index (κ1) is 9.55. The molecule has 0 spiro atoms. The Kier molecular flexibility index (Phi) is 3.12. The van der Waals surface area contributed by atoms with Gasteiger partial charge in [-0.2, -0.15) is 0 Å². The van der Waals surface area contributed by atoms with Crippen molar-refractivity contribution in [2.75, 3.05) is 5.32 Å². The number of aryl methyl sites for hydroxylation is 1. The summed E-state index contributed by atoms with van der Waals surface area (Å²) in [6.07, 6.45) is 0. The summed E-state index contributed by atoms with van der Waals surface area (Å²) in [7, 11) is 0. The molecule has 1 amide bonds. The first-order valence-corrected chi connectivity index (χ1v) is 4.49. The van der Waals surface area contributed by atoms with Crippen molar-refractivity contribution in [3.8, 4) is 0 Å². The van der Waals surface area contributed by atoms with Crippen LogP contribution in [0.3, 0.4) is 0 Å². The summed E-state index contributed by atoms with van der Waals surface area (Å²) >= 11 is 8.46. The number of hydrogen-bond acceptors (Lipinski definition) is 1. The fourth-order valence-corrected chi connectivity index (χ4v) is 1.30. The Morgan fingerprint density at radius 3 is 2.83 bits per heavy atom. The SMILES string of the molecule is Cc1ccc(Br)cc1NC(=O)Cl. The highest BCUT2D eigenvalue weighted by Crippen LogP contribution is 2.20. The molecule has 0 aliphatic heterocycles. The molecule has 64 valence electrons. The molecule has 0 radical (unpaired) electrons. The van der Waals surface area contributed by atoms with Gasteiger partial charge < -0.3 is 5.32 Å². The number of amides is 1. The summed E-state index contributed by atoms with van der Waals surface area (Å²) in [5.41, 5.74) is 1.71. The summed E-state index contributed by atoms with van der Waals surface area (Å²) in [4.78, 5) is 10.5. The van der Waals surface area contributed by atoms with Crippen LogP contribution >= 0.6 is 27.5 Å². The lowest BCUT2D eigenvalue weighted by Crippen LogP contribution is -2.02. The summed E-state index contributed by atoms with van der Waals surface area (Å²) in [6.45, 7) is 1.90. The second-order valence-corrected chi connectivity index (χ2v) is 3.62. The molecule has 0 aromatic heterocycles. The van der Waals surface area contributed by atoms with Crippen LogP contribution in [0, 0.1) is 6.92 Å². The molecule has 0 saturated heterocycles. The smallest absolute Gasteiger partial charge is 0.312 e. The van der Waals surface area contributed by atoms with E-state index < -0.39 is 5.37 Å². The highest BCUT2D eigenvalue weighted by atomic mass is 79.9. The van der Waals surface area contributed by atoms with Crippen LogP contribution in [0.5, 0.6) is 0 Å². The predicted molar refractivity (Wildman–Crippen MR) is 53.8 cm³/mol. The molecule has 1 rings (SSSR count). The van der Waals surface area contributed by atoms with Gasteiger partial charge in [-0.3, -0.25) is 4.79 Å². The first-order valence-electron chi connectivity index (χ1n) is 3.32. The molecule has 0 heterocycles. The second-order valence-electron chi connectivity index (χ2n) is 2.36. The van der Waals surface area contributed by atoms with Crippen LogP contribution < -0.4 is 5.32 Å². The van der Waals surface area contributed by atoms with Gasteiger partial charge >= 0.3 is 5.37 Å². The average Bonchev–Trinajstić information content (AvgIpc) is 1.96. The van der Waals surface area contributed by atoms with Crippen LogP contribution in [0.25, 0.3) is 0 Å². The Morgan fingerprint density at radius 2 is 2.25 bits per heavy atom. The van der Waals surface area contributed by atoms with Crippen molar-refractivity contribution in [2.45, 2.75) is 6.92 Å². The maximum atomic E-state index is 10.5. The van der Waals surface area contributed by atoms with Crippen molar-refractivity contribution >= 4 is 38.6 Å². The van der Waals surface area contributed by atoms with E-state index in [-0.39, 0.29) is 0 Å². The quantitative estimate of drug-likeness (QED) is 0.598. The number of hydrogen-bond donors (Lipinski definition) is 1. The third kappa shape index (κ3) is 2.50. The van der Waals surface area contributed by atoms with E-state index in [1.807, 2.05) is 19.1 Å². The highest BCUT2D eigenvalue weighted by Gasteiger charge is 2.01. The fourth-order valence-electron chi connectivity index (χ4n) is 0.835. The Morgan fingerprint density at radius 1 is 1.58 bits per heavy atom. The third-order valence-electron chi connectivity index (χ3n) is 1.43. The van der Waals surface area contributed by atoms with Gasteiger partial charge in [0.1, 0.15) is 0 Å². The van der Waals surface area contributed by atoms with Crippen LogP contribution in [0.4, 0.5) is 10.5 Å². The normalized spacial score (nSPS) is 9.58. The van der Waals surface area contributed by atoms with E-state index in [1.54, 1.807) is 6.07 Å². The number of nitrogens with one attached hydrogen (secondary N) is 1. The van der Waals surface area contributed by atoms with Gasteiger partial charge in [-0.05, 0) is 36.2 Å². The lowest BCUT2D eigenvalue weighted by Gasteiger charge is -2.04. The average molecular weight is 249 g/mol. The molecule has 0 aliphatic carbocycles. The topological polar surface area (TPSA) is 29.1 Å². The van der Waals surface area contributed by atoms with Gasteiger partial charge in [-0.1, -0.05) is 22.0 Å². The molecular weight excluding hydrogens is 241 g/mol. The molecule has 1 aromatic rings. The summed E-state index contributed by atoms with van der Waals surface area (Å²) in [5.74, 6) is 0. The van der Waals surface area contributed by atoms with Crippen LogP contribution in [-0.4, -0.2) is 5.37 Å². The standard InChI is InChI=1S/C8H7BrClNO/c1-5-2-3-6(9)4-7(5)11-8(10)12/h2-4H,1H3,(H,11,12). The molecule has 12 heavy (non-hydrogen) atoms. The maximum absolute atomic E-state index is 10.5. The van der Waals surface area contributed by atoms with Gasteiger partial charge in [-0.15, -0.1) is 0 Å². The van der Waals surface area contributed by atoms with Gasteiger partial charge in [0.2, 0.25) is 0 Å². The Bertz CT molecular complexity index is 314. The van der Waals surface area contributed by atoms with E-state index in [0.29, 0.717) is 0 Å². The highest BCUT2D eigenvalue weighted by molar-refractivity contribution is 9.10. The summed E-state index contributed by atoms with van der Waals surface area (Å²) in [6, 6.07) is 5.60. The number of carbonyl (C=O) groups excluding carboxylic acids is 1. The number of anilines is 1. The van der Waals surface area contributed by atoms with E-state index in [1.165, 1.54) is 0 Å². The first-order chi connectivity index (χ1) is 5.59. The van der Waals surface area contributed by atoms with Gasteiger partial charge in [0.05, 0.1) is 0 Å². The van der Waals surface area contributed by atoms with Crippen LogP contribution in [0.2, 0.25) is 0 Å². The Labute approximate surface area is 84.0 Å². The molecule has 0 aliphatic rings. The van der Waals surface area contributed by atoms with E-state index in [4.69, 9.17) is 11.6 Å². The number of carbonyl (C=O) groups is 1. The molecule has 0 fully saturated rings. The maximum Gasteiger partial charge on any atom is 0.318 e. The lowest BCUT2D eigenvalue weighted by molar-refractivity contribution is 0.269. The second kappa shape index (κ2) is 3.92. The zero-order chi connectivity index (χ0) is 9.14. The van der Waals surface area contributed by atoms with Gasteiger partial charge in [0, 0.05) is 10.2 Å². The minimum atomic E-state index is -0.573. The largest absolute Gasteiger partial charge is 0.318 e. The van der Waals surface area contributed by atoms with Crippen molar-refractivity contribution in [3.63, 3.8) is 0 Å². The van der Waals surface area contributed by atoms with Crippen molar-refractivity contribution < 1.29 is 4.79 Å². The van der Waals surface area contributed by atoms with Crippen molar-refractivity contribution in [3.05, 3.63) is 28.2 Å². The lowest BCUT2D eigenvalue weighted by atomic mass is 10.2. The Hall–Kier alpha value is -0.540. The molecule has 4 heteroatoms. The minimum Gasteiger partial charge on any atom is -0.312 e. The minimum absolute atomic E-state index is 0.573. The van der Waals surface area contributed by atoms with E-state index in [0.717, 1.165) is 15.7 Å². The van der Waals surface area contributed by atoms with Crippen molar-refractivity contribution in [1.29, 1.82) is 0 Å². The van der Waals surface area contributed by atoms with Gasteiger partial charge in [0.15, 0.2) is 0 Å². The molecule has 1 N–H and O–H groups in total. The van der Waals surface area contributed by atoms with E-state index in [2.05, 4.69) is 21.2 Å². The fraction of sp³-hybridized carbons (Fsp3) is 0.125. The van der Waals surface area contributed by atoms with E-state index in [9.17, 15) is 4.79 Å². The summed E-state index contributed by atoms with van der Waals surface area (Å²) < 4.78 is 0.911. The van der Waals surface area contributed by atoms with Crippen LogP contribution in [0.15, 0.2) is 22.7 Å². The molecule has 0 atom stereocenters. The van der Waals surface area contributed by atoms with Crippen LogP contribution in [-0.2, 0) is 0 Å². The molecule has 0 unspecified atom stereocenters. The molecule has 2 nitrogen and oxygen atoms in total. The zero-order valence-corrected chi connectivity index (χ0v) is 8.74. The molecule has 0 bridgehead atoms. The van der Waals surface area contributed by atoms with Crippen molar-refractivity contribution in [2.24, 2.45) is 0 Å². The Balaban J connectivity index is 2.97. The van der Waals surface area contributed by atoms with Gasteiger partial charge in [-0.25, -0.2) is 0 Å². The number of halogens is 2. The predicted octanol–water partition coefficient (Wildman–Crippen LogP) is 3.53. The molecule has 0 saturated carbocycles. The zero-order valence-electron chi connectivity index (χ0n) is 6.40. The molecule has 1 aromatic carbocycles. The number of benzene rings is 1. The number of rotatable bonds is 1. The third-order valence-corrected chi connectivity index (χ3v) is 2.02. The van der Waals surface area contributed by atoms with Crippen molar-refractivity contribution in [1.82, 2.24) is 0 Å². The van der Waals surface area contributed by atoms with E-state index >= 15 is 0 Å². The van der Waals surface area contributed by atoms with Crippen LogP contribution in [0.1, 0.15) is 5.56 Å². The van der Waals surface area contributed by atoms with Gasteiger partial charge in [0.25, 0.3) is 0 Å². The molecular formula is C8H7BrClNO.